The first kappa shape index (κ1) is 23.8. The number of carbonyl (C=O) groups is 1. The number of aryl methyl sites for hydroxylation is 1. The van der Waals surface area contributed by atoms with Gasteiger partial charge in [0.05, 0.1) is 28.8 Å². The number of likely N-dealkylation sites (tertiary alicyclic amines) is 1. The van der Waals surface area contributed by atoms with E-state index in [1.165, 1.54) is 6.33 Å². The zero-order valence-electron chi connectivity index (χ0n) is 21.7. The predicted molar refractivity (Wildman–Crippen MR) is 142 cm³/mol. The summed E-state index contributed by atoms with van der Waals surface area (Å²) in [6.07, 6.45) is 6.90. The highest BCUT2D eigenvalue weighted by Crippen LogP contribution is 2.32. The molecule has 0 saturated carbocycles. The Morgan fingerprint density at radius 1 is 1.08 bits per heavy atom. The fourth-order valence-electron chi connectivity index (χ4n) is 5.01. The number of ether oxygens (including phenoxy) is 1. The van der Waals surface area contributed by atoms with Crippen LogP contribution in [-0.2, 0) is 11.8 Å². The topological polar surface area (TPSA) is 113 Å². The lowest BCUT2D eigenvalue weighted by Crippen LogP contribution is -2.36. The Hall–Kier alpha value is -4.54. The summed E-state index contributed by atoms with van der Waals surface area (Å²) in [5.41, 5.74) is 3.52. The molecule has 11 heteroatoms. The van der Waals surface area contributed by atoms with E-state index in [1.807, 2.05) is 55.7 Å². The van der Waals surface area contributed by atoms with Gasteiger partial charge in [-0.2, -0.15) is 5.10 Å². The van der Waals surface area contributed by atoms with E-state index in [9.17, 15) is 9.59 Å². The summed E-state index contributed by atoms with van der Waals surface area (Å²) in [5, 5.41) is 4.99. The number of rotatable bonds is 3. The van der Waals surface area contributed by atoms with E-state index in [4.69, 9.17) is 4.74 Å². The van der Waals surface area contributed by atoms with E-state index in [-0.39, 0.29) is 17.8 Å². The molecule has 4 aromatic heterocycles. The van der Waals surface area contributed by atoms with Crippen LogP contribution in [0, 0.1) is 0 Å². The molecule has 1 fully saturated rings. The molecular formula is C27H28N8O3. The molecule has 38 heavy (non-hydrogen) atoms. The van der Waals surface area contributed by atoms with Crippen molar-refractivity contribution in [2.75, 3.05) is 13.1 Å². The highest BCUT2D eigenvalue weighted by molar-refractivity contribution is 6.04. The zero-order valence-corrected chi connectivity index (χ0v) is 21.7. The molecule has 11 nitrogen and oxygen atoms in total. The predicted octanol–water partition coefficient (Wildman–Crippen LogP) is 3.71. The minimum atomic E-state index is -0.577. The summed E-state index contributed by atoms with van der Waals surface area (Å²) in [7, 11) is 1.76. The number of hydrogen-bond acceptors (Lipinski definition) is 7. The van der Waals surface area contributed by atoms with Gasteiger partial charge in [0.15, 0.2) is 5.82 Å². The van der Waals surface area contributed by atoms with Gasteiger partial charge in [-0.15, -0.1) is 0 Å². The average molecular weight is 513 g/mol. The second-order valence-electron chi connectivity index (χ2n) is 10.5. The molecule has 0 aliphatic carbocycles. The van der Waals surface area contributed by atoms with E-state index in [1.54, 1.807) is 39.9 Å². The van der Waals surface area contributed by atoms with Gasteiger partial charge >= 0.3 is 11.8 Å². The number of amides is 1. The smallest absolute Gasteiger partial charge is 0.410 e. The van der Waals surface area contributed by atoms with Gasteiger partial charge < -0.3 is 9.64 Å². The maximum absolute atomic E-state index is 13.5. The molecule has 1 unspecified atom stereocenters. The second-order valence-corrected chi connectivity index (χ2v) is 10.5. The number of pyridine rings is 2. The quantitative estimate of drug-likeness (QED) is 0.362. The van der Waals surface area contributed by atoms with Crippen LogP contribution in [0.5, 0.6) is 0 Å². The molecule has 0 radical (unpaired) electrons. The third kappa shape index (κ3) is 4.09. The van der Waals surface area contributed by atoms with Crippen LogP contribution in [0.2, 0.25) is 0 Å². The van der Waals surface area contributed by atoms with Crippen LogP contribution in [0.4, 0.5) is 4.79 Å². The van der Waals surface area contributed by atoms with E-state index >= 15 is 0 Å². The van der Waals surface area contributed by atoms with Crippen molar-refractivity contribution >= 4 is 28.0 Å². The molecule has 1 aromatic carbocycles. The normalized spacial score (nSPS) is 16.0. The highest BCUT2D eigenvalue weighted by atomic mass is 16.6. The van der Waals surface area contributed by atoms with E-state index < -0.39 is 5.60 Å². The Morgan fingerprint density at radius 3 is 2.61 bits per heavy atom. The van der Waals surface area contributed by atoms with Crippen LogP contribution in [0.3, 0.4) is 0 Å². The zero-order chi connectivity index (χ0) is 26.6. The maximum atomic E-state index is 13.5. The van der Waals surface area contributed by atoms with Crippen molar-refractivity contribution in [3.8, 4) is 16.9 Å². The lowest BCUT2D eigenvalue weighted by atomic mass is 10.0. The molecule has 5 aromatic rings. The van der Waals surface area contributed by atoms with Crippen molar-refractivity contribution in [2.45, 2.75) is 38.8 Å². The van der Waals surface area contributed by atoms with Gasteiger partial charge in [-0.25, -0.2) is 24.2 Å². The summed E-state index contributed by atoms with van der Waals surface area (Å²) in [6.45, 7) is 6.48. The van der Waals surface area contributed by atoms with Crippen molar-refractivity contribution in [3.63, 3.8) is 0 Å². The number of nitrogens with zero attached hydrogens (tertiary/aromatic N) is 8. The molecule has 1 aliphatic rings. The van der Waals surface area contributed by atoms with E-state index in [2.05, 4.69) is 20.1 Å². The molecule has 1 saturated heterocycles. The minimum Gasteiger partial charge on any atom is -0.444 e. The van der Waals surface area contributed by atoms with Crippen LogP contribution in [0.15, 0.2) is 60.2 Å². The number of hydrogen-bond donors (Lipinski definition) is 0. The Balaban J connectivity index is 1.41. The largest absolute Gasteiger partial charge is 0.444 e. The van der Waals surface area contributed by atoms with Crippen molar-refractivity contribution in [2.24, 2.45) is 7.05 Å². The molecule has 1 atom stereocenters. The molecule has 0 N–H and O–H groups in total. The Bertz CT molecular complexity index is 1710. The van der Waals surface area contributed by atoms with Gasteiger partial charge in [0, 0.05) is 37.3 Å². The van der Waals surface area contributed by atoms with E-state index in [0.717, 1.165) is 33.1 Å². The van der Waals surface area contributed by atoms with E-state index in [0.29, 0.717) is 25.3 Å². The monoisotopic (exact) mass is 512 g/mol. The number of fused-ring (bicyclic) bond motifs is 3. The van der Waals surface area contributed by atoms with Crippen molar-refractivity contribution < 1.29 is 9.53 Å². The molecule has 6 rings (SSSR count). The summed E-state index contributed by atoms with van der Waals surface area (Å²) in [4.78, 5) is 41.0. The van der Waals surface area contributed by atoms with Crippen LogP contribution in [0.25, 0.3) is 38.9 Å². The standard InChI is InChI=1S/C27H28N8O3/c1-27(2,3)38-26(37)33-10-9-19(14-33)35-24-20-11-17(5-7-21(20)29-13-22(24)32(4)25(35)36)18-6-8-23(30-12-18)34-16-28-15-31-34/h5-8,11-13,15-16,19H,9-10,14H2,1-4H3. The van der Waals surface area contributed by atoms with Crippen LogP contribution in [-0.4, -0.2) is 63.6 Å². The fourth-order valence-corrected chi connectivity index (χ4v) is 5.01. The van der Waals surface area contributed by atoms with Gasteiger partial charge in [0.1, 0.15) is 18.3 Å². The third-order valence-corrected chi connectivity index (χ3v) is 6.83. The molecule has 194 valence electrons. The number of benzene rings is 1. The van der Waals surface area contributed by atoms with Gasteiger partial charge in [-0.3, -0.25) is 14.1 Å². The second kappa shape index (κ2) is 8.79. The van der Waals surface area contributed by atoms with Gasteiger partial charge in [0.25, 0.3) is 0 Å². The lowest BCUT2D eigenvalue weighted by molar-refractivity contribution is 0.0289. The van der Waals surface area contributed by atoms with Crippen LogP contribution >= 0.6 is 0 Å². The molecule has 5 heterocycles. The third-order valence-electron chi connectivity index (χ3n) is 6.83. The summed E-state index contributed by atoms with van der Waals surface area (Å²) >= 11 is 0. The first-order valence-electron chi connectivity index (χ1n) is 12.5. The van der Waals surface area contributed by atoms with Crippen molar-refractivity contribution in [3.05, 3.63) is 65.9 Å². The lowest BCUT2D eigenvalue weighted by Gasteiger charge is -2.24. The van der Waals surface area contributed by atoms with Crippen molar-refractivity contribution in [1.29, 1.82) is 0 Å². The number of carbonyl (C=O) groups excluding carboxylic acids is 1. The fraction of sp³-hybridized carbons (Fsp3) is 0.333. The Kier molecular flexibility index (Phi) is 5.51. The van der Waals surface area contributed by atoms with Gasteiger partial charge in [0.2, 0.25) is 0 Å². The number of imidazole rings is 1. The SMILES string of the molecule is Cn1c(=O)n(C2CCN(C(=O)OC(C)(C)C)C2)c2c3cc(-c4ccc(-n5cncn5)nc4)ccc3ncc21. The van der Waals surface area contributed by atoms with Gasteiger partial charge in [-0.1, -0.05) is 6.07 Å². The molecule has 0 bridgehead atoms. The maximum Gasteiger partial charge on any atom is 0.410 e. The highest BCUT2D eigenvalue weighted by Gasteiger charge is 2.33. The molecular weight excluding hydrogens is 484 g/mol. The Morgan fingerprint density at radius 2 is 1.89 bits per heavy atom. The molecule has 1 aliphatic heterocycles. The van der Waals surface area contributed by atoms with Crippen LogP contribution < -0.4 is 5.69 Å². The summed E-state index contributed by atoms with van der Waals surface area (Å²) in [5.74, 6) is 0.670. The Labute approximate surface area is 218 Å². The molecule has 1 amide bonds. The first-order valence-corrected chi connectivity index (χ1v) is 12.5. The average Bonchev–Trinajstić information content (AvgIpc) is 3.64. The molecule has 0 spiro atoms. The van der Waals surface area contributed by atoms with Gasteiger partial charge in [-0.05, 0) is 57.0 Å². The first-order chi connectivity index (χ1) is 18.2. The minimum absolute atomic E-state index is 0.130. The number of aromatic nitrogens is 7. The summed E-state index contributed by atoms with van der Waals surface area (Å²) < 4.78 is 10.6. The van der Waals surface area contributed by atoms with Crippen LogP contribution in [0.1, 0.15) is 33.2 Å². The van der Waals surface area contributed by atoms with Crippen molar-refractivity contribution in [1.82, 2.24) is 38.8 Å². The summed E-state index contributed by atoms with van der Waals surface area (Å²) in [6, 6.07) is 9.70.